The van der Waals surface area contributed by atoms with Gasteiger partial charge in [0.1, 0.15) is 0 Å². The Kier molecular flexibility index (Phi) is 5.20. The lowest BCUT2D eigenvalue weighted by atomic mass is 10.3. The van der Waals surface area contributed by atoms with E-state index in [9.17, 15) is 9.59 Å². The first kappa shape index (κ1) is 17.0. The Hall–Kier alpha value is -1.86. The number of benzene rings is 1. The number of thioether (sulfide) groups is 1. The van der Waals surface area contributed by atoms with Crippen LogP contribution in [0.3, 0.4) is 0 Å². The highest BCUT2D eigenvalue weighted by molar-refractivity contribution is 8.00. The van der Waals surface area contributed by atoms with Crippen LogP contribution >= 0.6 is 23.1 Å². The molecule has 126 valence electrons. The van der Waals surface area contributed by atoms with Crippen LogP contribution in [0.1, 0.15) is 25.5 Å². The number of rotatable bonds is 6. The fraction of sp³-hybridized carbons (Fsp3) is 0.353. The molecule has 2 amide bonds. The average Bonchev–Trinajstić information content (AvgIpc) is 3.33. The van der Waals surface area contributed by atoms with Gasteiger partial charge < -0.3 is 10.6 Å². The van der Waals surface area contributed by atoms with Gasteiger partial charge in [-0.05, 0) is 51.0 Å². The maximum atomic E-state index is 12.2. The summed E-state index contributed by atoms with van der Waals surface area (Å²) >= 11 is 2.90. The molecule has 2 N–H and O–H groups in total. The van der Waals surface area contributed by atoms with E-state index in [0.717, 1.165) is 29.1 Å². The van der Waals surface area contributed by atoms with Crippen molar-refractivity contribution < 1.29 is 9.59 Å². The lowest BCUT2D eigenvalue weighted by Crippen LogP contribution is -2.22. The minimum Gasteiger partial charge on any atom is -0.326 e. The first-order chi connectivity index (χ1) is 11.5. The average molecular weight is 361 g/mol. The number of thiazole rings is 1. The van der Waals surface area contributed by atoms with Crippen LogP contribution in [0.5, 0.6) is 0 Å². The SMILES string of the molecule is Cc1csc(NC(=O)C(C)Sc2ccc(NC(=O)C3CC3)cc2)n1. The molecule has 3 rings (SSSR count). The second kappa shape index (κ2) is 7.36. The Morgan fingerprint density at radius 3 is 2.54 bits per heavy atom. The van der Waals surface area contributed by atoms with E-state index in [0.29, 0.717) is 5.13 Å². The lowest BCUT2D eigenvalue weighted by Gasteiger charge is -2.11. The zero-order chi connectivity index (χ0) is 17.1. The van der Waals surface area contributed by atoms with Crippen LogP contribution in [0, 0.1) is 12.8 Å². The highest BCUT2D eigenvalue weighted by atomic mass is 32.2. The predicted octanol–water partition coefficient (Wildman–Crippen LogP) is 3.92. The molecule has 1 fully saturated rings. The van der Waals surface area contributed by atoms with E-state index in [1.807, 2.05) is 43.5 Å². The summed E-state index contributed by atoms with van der Waals surface area (Å²) in [6, 6.07) is 7.59. The highest BCUT2D eigenvalue weighted by Gasteiger charge is 2.29. The molecule has 0 bridgehead atoms. The number of nitrogens with one attached hydrogen (secondary N) is 2. The van der Waals surface area contributed by atoms with E-state index in [4.69, 9.17) is 0 Å². The number of nitrogens with zero attached hydrogens (tertiary/aromatic N) is 1. The Balaban J connectivity index is 1.52. The van der Waals surface area contributed by atoms with Crippen molar-refractivity contribution in [3.05, 3.63) is 35.3 Å². The van der Waals surface area contributed by atoms with Gasteiger partial charge in [0.05, 0.1) is 10.9 Å². The second-order valence-electron chi connectivity index (χ2n) is 5.83. The van der Waals surface area contributed by atoms with Gasteiger partial charge in [-0.3, -0.25) is 9.59 Å². The smallest absolute Gasteiger partial charge is 0.239 e. The molecule has 0 spiro atoms. The molecule has 0 saturated heterocycles. The van der Waals surface area contributed by atoms with Crippen LogP contribution in [-0.2, 0) is 9.59 Å². The molecule has 7 heteroatoms. The van der Waals surface area contributed by atoms with Crippen LogP contribution in [0.4, 0.5) is 10.8 Å². The highest BCUT2D eigenvalue weighted by Crippen LogP contribution is 2.31. The van der Waals surface area contributed by atoms with Gasteiger partial charge in [-0.1, -0.05) is 0 Å². The lowest BCUT2D eigenvalue weighted by molar-refractivity contribution is -0.117. The zero-order valence-electron chi connectivity index (χ0n) is 13.5. The molecule has 0 aliphatic heterocycles. The van der Waals surface area contributed by atoms with Crippen molar-refractivity contribution in [2.75, 3.05) is 10.6 Å². The third-order valence-corrected chi connectivity index (χ3v) is 5.59. The van der Waals surface area contributed by atoms with Crippen molar-refractivity contribution in [1.82, 2.24) is 4.98 Å². The van der Waals surface area contributed by atoms with Crippen molar-refractivity contribution in [1.29, 1.82) is 0 Å². The van der Waals surface area contributed by atoms with Gasteiger partial charge >= 0.3 is 0 Å². The fourth-order valence-electron chi connectivity index (χ4n) is 2.08. The number of hydrogen-bond donors (Lipinski definition) is 2. The maximum absolute atomic E-state index is 12.2. The van der Waals surface area contributed by atoms with Crippen molar-refractivity contribution in [2.45, 2.75) is 36.8 Å². The van der Waals surface area contributed by atoms with E-state index < -0.39 is 0 Å². The molecular weight excluding hydrogens is 342 g/mol. The molecule has 1 aliphatic rings. The van der Waals surface area contributed by atoms with E-state index in [1.54, 1.807) is 0 Å². The van der Waals surface area contributed by atoms with E-state index in [1.165, 1.54) is 23.1 Å². The number of carbonyl (C=O) groups excluding carboxylic acids is 2. The fourth-order valence-corrected chi connectivity index (χ4v) is 3.64. The first-order valence-corrected chi connectivity index (χ1v) is 9.58. The zero-order valence-corrected chi connectivity index (χ0v) is 15.2. The molecule has 5 nitrogen and oxygen atoms in total. The third-order valence-electron chi connectivity index (χ3n) is 3.60. The van der Waals surface area contributed by atoms with Crippen LogP contribution in [0.15, 0.2) is 34.5 Å². The molecule has 0 radical (unpaired) electrons. The number of amides is 2. The first-order valence-electron chi connectivity index (χ1n) is 7.82. The Bertz CT molecular complexity index is 739. The molecule has 1 unspecified atom stereocenters. The summed E-state index contributed by atoms with van der Waals surface area (Å²) in [7, 11) is 0. The largest absolute Gasteiger partial charge is 0.326 e. The third kappa shape index (κ3) is 4.58. The number of aryl methyl sites for hydroxylation is 1. The van der Waals surface area contributed by atoms with Crippen LogP contribution in [0.2, 0.25) is 0 Å². The Morgan fingerprint density at radius 1 is 1.25 bits per heavy atom. The van der Waals surface area contributed by atoms with Gasteiger partial charge in [0.15, 0.2) is 5.13 Å². The molecule has 24 heavy (non-hydrogen) atoms. The molecule has 1 atom stereocenters. The second-order valence-corrected chi connectivity index (χ2v) is 8.10. The topological polar surface area (TPSA) is 71.1 Å². The summed E-state index contributed by atoms with van der Waals surface area (Å²) in [5.41, 5.74) is 1.70. The Labute approximate surface area is 149 Å². The molecule has 1 heterocycles. The van der Waals surface area contributed by atoms with E-state index in [-0.39, 0.29) is 23.0 Å². The van der Waals surface area contributed by atoms with Crippen molar-refractivity contribution in [3.8, 4) is 0 Å². The molecule has 2 aromatic rings. The van der Waals surface area contributed by atoms with Crippen molar-refractivity contribution in [3.63, 3.8) is 0 Å². The quantitative estimate of drug-likeness (QED) is 0.765. The van der Waals surface area contributed by atoms with Gasteiger partial charge in [0.25, 0.3) is 0 Å². The van der Waals surface area contributed by atoms with Gasteiger partial charge in [-0.2, -0.15) is 0 Å². The standard InChI is InChI=1S/C17H19N3O2S2/c1-10-9-23-17(18-10)20-15(21)11(2)24-14-7-5-13(6-8-14)19-16(22)12-3-4-12/h5-9,11-12H,3-4H2,1-2H3,(H,19,22)(H,18,20,21). The minimum atomic E-state index is -0.235. The molecular formula is C17H19N3O2S2. The number of hydrogen-bond acceptors (Lipinski definition) is 5. The van der Waals surface area contributed by atoms with Crippen molar-refractivity contribution >= 4 is 45.7 Å². The van der Waals surface area contributed by atoms with E-state index in [2.05, 4.69) is 15.6 Å². The molecule has 1 aromatic heterocycles. The van der Waals surface area contributed by atoms with Crippen LogP contribution < -0.4 is 10.6 Å². The summed E-state index contributed by atoms with van der Waals surface area (Å²) in [4.78, 5) is 29.1. The summed E-state index contributed by atoms with van der Waals surface area (Å²) in [6.07, 6.45) is 1.98. The monoisotopic (exact) mass is 361 g/mol. The van der Waals surface area contributed by atoms with Crippen LogP contribution in [0.25, 0.3) is 0 Å². The number of aromatic nitrogens is 1. The van der Waals surface area contributed by atoms with Crippen molar-refractivity contribution in [2.24, 2.45) is 5.92 Å². The van der Waals surface area contributed by atoms with Gasteiger partial charge in [0.2, 0.25) is 11.8 Å². The predicted molar refractivity (Wildman–Crippen MR) is 98.6 cm³/mol. The summed E-state index contributed by atoms with van der Waals surface area (Å²) in [5, 5.41) is 8.04. The van der Waals surface area contributed by atoms with Gasteiger partial charge in [0, 0.05) is 21.9 Å². The minimum absolute atomic E-state index is 0.0690. The summed E-state index contributed by atoms with van der Waals surface area (Å²) in [6.45, 7) is 3.76. The van der Waals surface area contributed by atoms with Crippen LogP contribution in [-0.4, -0.2) is 22.0 Å². The van der Waals surface area contributed by atoms with Gasteiger partial charge in [-0.25, -0.2) is 4.98 Å². The normalized spacial score (nSPS) is 14.9. The maximum Gasteiger partial charge on any atom is 0.239 e. The summed E-state index contributed by atoms with van der Waals surface area (Å²) in [5.74, 6) is 0.222. The number of anilines is 2. The molecule has 1 aliphatic carbocycles. The summed E-state index contributed by atoms with van der Waals surface area (Å²) < 4.78 is 0. The van der Waals surface area contributed by atoms with Gasteiger partial charge in [-0.15, -0.1) is 23.1 Å². The molecule has 1 aromatic carbocycles. The van der Waals surface area contributed by atoms with E-state index >= 15 is 0 Å². The molecule has 1 saturated carbocycles. The Morgan fingerprint density at radius 2 is 1.96 bits per heavy atom. The number of carbonyl (C=O) groups is 2.